The predicted molar refractivity (Wildman–Crippen MR) is 164 cm³/mol. The number of rotatable bonds is 5. The molecule has 0 amide bonds. The average molecular weight is 521 g/mol. The molecule has 0 bridgehead atoms. The van der Waals surface area contributed by atoms with Crippen molar-refractivity contribution in [2.45, 2.75) is 41.9 Å². The molecule has 3 atom stereocenters. The summed E-state index contributed by atoms with van der Waals surface area (Å²) in [6.07, 6.45) is 6.11. The van der Waals surface area contributed by atoms with Crippen molar-refractivity contribution in [2.75, 3.05) is 7.11 Å². The van der Waals surface area contributed by atoms with Gasteiger partial charge in [-0.3, -0.25) is 4.79 Å². The van der Waals surface area contributed by atoms with Crippen LogP contribution in [0, 0.1) is 0 Å². The van der Waals surface area contributed by atoms with E-state index in [0.717, 1.165) is 19.3 Å². The van der Waals surface area contributed by atoms with Crippen LogP contribution in [0.3, 0.4) is 0 Å². The summed E-state index contributed by atoms with van der Waals surface area (Å²) in [4.78, 5) is 12.4. The lowest BCUT2D eigenvalue weighted by atomic mass is 9.62. The van der Waals surface area contributed by atoms with E-state index < -0.39 is 0 Å². The molecule has 1 fully saturated rings. The molecule has 0 heterocycles. The molecule has 3 unspecified atom stereocenters. The van der Waals surface area contributed by atoms with E-state index in [2.05, 4.69) is 54.6 Å². The van der Waals surface area contributed by atoms with Gasteiger partial charge in [-0.1, -0.05) is 42.5 Å². The van der Waals surface area contributed by atoms with Crippen molar-refractivity contribution in [1.29, 1.82) is 0 Å². The SMILES string of the molecule is COC(=O)CCCC1(c2ccccc2)C23C=c4c5cc6c7cc8c9c%10c(cc2c2c%10c%10c(c4c5c4c6c7c9c%104)C231)C8. The first-order chi connectivity index (χ1) is 20.2. The Morgan fingerprint density at radius 3 is 2.32 bits per heavy atom. The van der Waals surface area contributed by atoms with Crippen molar-refractivity contribution in [2.24, 2.45) is 0 Å². The van der Waals surface area contributed by atoms with Crippen molar-refractivity contribution < 1.29 is 9.53 Å². The van der Waals surface area contributed by atoms with Gasteiger partial charge in [0.25, 0.3) is 0 Å². The first-order valence-corrected chi connectivity index (χ1v) is 15.2. The van der Waals surface area contributed by atoms with E-state index in [1.807, 2.05) is 0 Å². The van der Waals surface area contributed by atoms with Crippen LogP contribution < -0.4 is 5.22 Å². The van der Waals surface area contributed by atoms with Crippen LogP contribution in [0.1, 0.15) is 52.6 Å². The van der Waals surface area contributed by atoms with Crippen LogP contribution in [0.5, 0.6) is 0 Å². The number of carbonyl (C=O) groups excluding carboxylic acids is 1. The largest absolute Gasteiger partial charge is 0.469 e. The van der Waals surface area contributed by atoms with Crippen molar-refractivity contribution in [3.8, 4) is 0 Å². The summed E-state index contributed by atoms with van der Waals surface area (Å²) in [5.74, 6) is -0.0958. The highest BCUT2D eigenvalue weighted by atomic mass is 16.5. The Kier molecular flexibility index (Phi) is 2.23. The van der Waals surface area contributed by atoms with Gasteiger partial charge in [0.1, 0.15) is 0 Å². The number of hydrogen-bond donors (Lipinski definition) is 0. The number of hydrogen-bond acceptors (Lipinski definition) is 2. The number of benzene rings is 6. The average Bonchev–Trinajstić information content (AvgIpc) is 3.34. The Morgan fingerprint density at radius 2 is 1.46 bits per heavy atom. The zero-order valence-corrected chi connectivity index (χ0v) is 22.3. The second-order valence-corrected chi connectivity index (χ2v) is 14.0. The minimum absolute atomic E-state index is 0.0169. The van der Waals surface area contributed by atoms with Gasteiger partial charge in [-0.05, 0) is 145 Å². The molecule has 0 N–H and O–H groups in total. The van der Waals surface area contributed by atoms with Gasteiger partial charge in [0, 0.05) is 22.7 Å². The fourth-order valence-corrected chi connectivity index (χ4v) is 12.7. The standard InChI is InChI=1S/C39H20O2/c1-41-23(40)8-5-9-37(17-6-3-2-4-7-17)38-14-21-20-13-19-18-11-15-10-16-12-22(38)35-33-25(16)24(15)30-26(18)27(19)31-28(20)29(21)36(39(35,37)38)34(33)32(30)31/h2-4,6-7,11-14H,5,8-10H2,1H3. The molecule has 41 heavy (non-hydrogen) atoms. The van der Waals surface area contributed by atoms with Crippen molar-refractivity contribution in [3.05, 3.63) is 87.1 Å². The van der Waals surface area contributed by atoms with E-state index in [4.69, 9.17) is 4.74 Å². The molecular formula is C39H20O2. The minimum Gasteiger partial charge on any atom is -0.469 e. The highest BCUT2D eigenvalue weighted by Crippen LogP contribution is 2.95. The molecule has 2 heteroatoms. The summed E-state index contributed by atoms with van der Waals surface area (Å²) in [6.45, 7) is 0. The molecule has 188 valence electrons. The maximum absolute atomic E-state index is 12.4. The molecule has 9 aromatic carbocycles. The molecule has 9 aromatic rings. The number of esters is 1. The molecule has 5 aliphatic rings. The molecule has 0 aromatic heterocycles. The van der Waals surface area contributed by atoms with Crippen LogP contribution in [0.2, 0.25) is 0 Å². The zero-order valence-electron chi connectivity index (χ0n) is 22.3. The summed E-state index contributed by atoms with van der Waals surface area (Å²) in [6, 6.07) is 19.1. The fraction of sp³-hybridized carbons (Fsp3) is 0.205. The zero-order chi connectivity index (χ0) is 26.1. The Labute approximate surface area is 232 Å². The van der Waals surface area contributed by atoms with Crippen LogP contribution in [0.25, 0.3) is 81.5 Å². The second kappa shape index (κ2) is 4.86. The maximum Gasteiger partial charge on any atom is 0.305 e. The van der Waals surface area contributed by atoms with Gasteiger partial charge < -0.3 is 4.74 Å². The highest BCUT2D eigenvalue weighted by Gasteiger charge is 2.95. The van der Waals surface area contributed by atoms with Gasteiger partial charge >= 0.3 is 5.97 Å². The van der Waals surface area contributed by atoms with Crippen LogP contribution in [-0.4, -0.2) is 13.1 Å². The Morgan fingerprint density at radius 1 is 0.756 bits per heavy atom. The van der Waals surface area contributed by atoms with Crippen LogP contribution in [-0.2, 0) is 32.2 Å². The Hall–Kier alpha value is -4.43. The fourth-order valence-electron chi connectivity index (χ4n) is 12.7. The van der Waals surface area contributed by atoms with E-state index >= 15 is 0 Å². The third kappa shape index (κ3) is 1.26. The van der Waals surface area contributed by atoms with Gasteiger partial charge in [-0.25, -0.2) is 0 Å². The van der Waals surface area contributed by atoms with E-state index in [-0.39, 0.29) is 22.2 Å². The minimum atomic E-state index is -0.0958. The number of carbonyl (C=O) groups is 1. The molecule has 1 spiro atoms. The van der Waals surface area contributed by atoms with Gasteiger partial charge in [0.2, 0.25) is 0 Å². The van der Waals surface area contributed by atoms with Gasteiger partial charge in [-0.2, -0.15) is 0 Å². The Balaban J connectivity index is 1.26. The first kappa shape index (κ1) is 18.8. The van der Waals surface area contributed by atoms with Gasteiger partial charge in [-0.15, -0.1) is 0 Å². The molecule has 0 saturated heterocycles. The summed E-state index contributed by atoms with van der Waals surface area (Å²) < 4.78 is 5.12. The highest BCUT2D eigenvalue weighted by molar-refractivity contribution is 6.59. The van der Waals surface area contributed by atoms with Crippen LogP contribution in [0.15, 0.2) is 48.5 Å². The molecule has 0 aliphatic heterocycles. The quantitative estimate of drug-likeness (QED) is 0.173. The van der Waals surface area contributed by atoms with E-state index in [0.29, 0.717) is 6.42 Å². The topological polar surface area (TPSA) is 26.3 Å². The Bertz CT molecular complexity index is 2860. The smallest absolute Gasteiger partial charge is 0.305 e. The van der Waals surface area contributed by atoms with Crippen molar-refractivity contribution >= 4 is 87.5 Å². The maximum atomic E-state index is 12.4. The summed E-state index contributed by atoms with van der Waals surface area (Å²) in [7, 11) is 1.52. The molecule has 2 nitrogen and oxygen atoms in total. The van der Waals surface area contributed by atoms with E-state index in [9.17, 15) is 4.79 Å². The molecule has 0 radical (unpaired) electrons. The third-order valence-electron chi connectivity index (χ3n) is 13.4. The first-order valence-electron chi connectivity index (χ1n) is 15.2. The lowest BCUT2D eigenvalue weighted by Crippen LogP contribution is -2.38. The summed E-state index contributed by atoms with van der Waals surface area (Å²) in [5.41, 5.74) is 9.32. The van der Waals surface area contributed by atoms with Crippen molar-refractivity contribution in [1.82, 2.24) is 0 Å². The van der Waals surface area contributed by atoms with Crippen LogP contribution >= 0.6 is 0 Å². The van der Waals surface area contributed by atoms with Gasteiger partial charge in [0.15, 0.2) is 0 Å². The molecular weight excluding hydrogens is 500 g/mol. The molecule has 14 rings (SSSR count). The second-order valence-electron chi connectivity index (χ2n) is 14.0. The third-order valence-corrected chi connectivity index (χ3v) is 13.4. The number of ether oxygens (including phenoxy) is 1. The van der Waals surface area contributed by atoms with E-state index in [1.165, 1.54) is 34.1 Å². The lowest BCUT2D eigenvalue weighted by Gasteiger charge is -2.39. The molecule has 5 aliphatic carbocycles. The predicted octanol–water partition coefficient (Wildman–Crippen LogP) is 7.51. The van der Waals surface area contributed by atoms with Gasteiger partial charge in [0.05, 0.1) is 7.11 Å². The van der Waals surface area contributed by atoms with Crippen molar-refractivity contribution in [3.63, 3.8) is 0 Å². The molecule has 1 saturated carbocycles. The lowest BCUT2D eigenvalue weighted by molar-refractivity contribution is -0.140. The summed E-state index contributed by atoms with van der Waals surface area (Å²) >= 11 is 0. The van der Waals surface area contributed by atoms with Crippen LogP contribution in [0.4, 0.5) is 0 Å². The number of methoxy groups -OCH3 is 1. The van der Waals surface area contributed by atoms with E-state index in [1.54, 1.807) is 87.1 Å². The monoisotopic (exact) mass is 520 g/mol. The summed E-state index contributed by atoms with van der Waals surface area (Å²) in [5, 5.41) is 23.4. The normalized spacial score (nSPS) is 27.4. The number of fused-ring (bicyclic) bond motifs is 2.